The molecule has 0 amide bonds. The Labute approximate surface area is 200 Å². The van der Waals surface area contributed by atoms with E-state index in [1.54, 1.807) is 26.0 Å². The van der Waals surface area contributed by atoms with Gasteiger partial charge in [-0.05, 0) is 67.1 Å². The lowest BCUT2D eigenvalue weighted by atomic mass is 9.97. The van der Waals surface area contributed by atoms with Crippen molar-refractivity contribution in [3.63, 3.8) is 0 Å². The summed E-state index contributed by atoms with van der Waals surface area (Å²) in [7, 11) is 0. The lowest BCUT2D eigenvalue weighted by Gasteiger charge is -2.28. The topological polar surface area (TPSA) is 87.8 Å². The standard InChI is InChI=1S/C28H29N2O4/c1-19(2)28(31)34-25-14-11-23(12-15-25)26-16-13-24(18-27(26)29)22-9-7-21(8-10-22)6-5-17-33-30(32)20(3)4/h7-16,18H,1,3,5-6,17,29H2,2,4H3/q-1. The summed E-state index contributed by atoms with van der Waals surface area (Å²) in [5.41, 5.74) is 12.8. The molecule has 0 saturated carbocycles. The molecule has 2 N–H and O–H groups in total. The van der Waals surface area contributed by atoms with E-state index in [4.69, 9.17) is 15.3 Å². The van der Waals surface area contributed by atoms with Gasteiger partial charge in [0.05, 0.1) is 6.61 Å². The third-order valence-corrected chi connectivity index (χ3v) is 5.19. The molecule has 0 spiro atoms. The molecule has 0 fully saturated rings. The maximum absolute atomic E-state index is 11.7. The number of nitrogens with zero attached hydrogens (tertiary/aromatic N) is 1. The smallest absolute Gasteiger partial charge is 0.338 e. The number of esters is 1. The van der Waals surface area contributed by atoms with Gasteiger partial charge in [-0.25, -0.2) is 4.79 Å². The molecule has 0 aliphatic carbocycles. The predicted octanol–water partition coefficient (Wildman–Crippen LogP) is 6.28. The highest BCUT2D eigenvalue weighted by atomic mass is 16.9. The maximum atomic E-state index is 11.7. The fraction of sp³-hybridized carbons (Fsp3) is 0.179. The van der Waals surface area contributed by atoms with Crippen molar-refractivity contribution >= 4 is 11.7 Å². The van der Waals surface area contributed by atoms with Crippen LogP contribution in [0.3, 0.4) is 0 Å². The van der Waals surface area contributed by atoms with Crippen LogP contribution in [0, 0.1) is 5.21 Å². The summed E-state index contributed by atoms with van der Waals surface area (Å²) in [5.74, 6) is 0.00705. The van der Waals surface area contributed by atoms with E-state index < -0.39 is 5.97 Å². The number of carbonyl (C=O) groups is 1. The van der Waals surface area contributed by atoms with Gasteiger partial charge in [-0.2, -0.15) is 0 Å². The molecule has 0 bridgehead atoms. The molecule has 6 nitrogen and oxygen atoms in total. The summed E-state index contributed by atoms with van der Waals surface area (Å²) in [6.07, 6.45) is 1.54. The quantitative estimate of drug-likeness (QED) is 0.0962. The number of carbonyl (C=O) groups excluding carboxylic acids is 1. The van der Waals surface area contributed by atoms with Crippen molar-refractivity contribution in [2.45, 2.75) is 26.7 Å². The number of hydrogen-bond acceptors (Lipinski definition) is 6. The first-order valence-electron chi connectivity index (χ1n) is 11.0. The molecular weight excluding hydrogens is 428 g/mol. The Morgan fingerprint density at radius 2 is 1.56 bits per heavy atom. The van der Waals surface area contributed by atoms with Crippen LogP contribution in [0.25, 0.3) is 22.3 Å². The highest BCUT2D eigenvalue weighted by molar-refractivity contribution is 5.89. The zero-order valence-corrected chi connectivity index (χ0v) is 19.5. The molecule has 0 saturated heterocycles. The van der Waals surface area contributed by atoms with Crippen LogP contribution in [-0.4, -0.2) is 17.8 Å². The van der Waals surface area contributed by atoms with E-state index in [0.717, 1.165) is 40.7 Å². The summed E-state index contributed by atoms with van der Waals surface area (Å²) in [6, 6.07) is 21.4. The monoisotopic (exact) mass is 457 g/mol. The number of anilines is 1. The first-order valence-corrected chi connectivity index (χ1v) is 11.0. The normalized spacial score (nSPS) is 10.6. The second kappa shape index (κ2) is 11.3. The molecule has 0 aliphatic rings. The molecular formula is C28H29N2O4-. The first kappa shape index (κ1) is 24.8. The Morgan fingerprint density at radius 3 is 2.15 bits per heavy atom. The van der Waals surface area contributed by atoms with E-state index in [9.17, 15) is 10.0 Å². The van der Waals surface area contributed by atoms with E-state index in [0.29, 0.717) is 34.5 Å². The number of nitrogen functional groups attached to an aromatic ring is 1. The summed E-state index contributed by atoms with van der Waals surface area (Å²) < 4.78 is 5.24. The van der Waals surface area contributed by atoms with Gasteiger partial charge in [-0.3, -0.25) is 4.84 Å². The second-order valence-electron chi connectivity index (χ2n) is 8.12. The van der Waals surface area contributed by atoms with Crippen LogP contribution in [0.5, 0.6) is 5.75 Å². The Balaban J connectivity index is 1.63. The van der Waals surface area contributed by atoms with Gasteiger partial charge < -0.3 is 20.9 Å². The van der Waals surface area contributed by atoms with Crippen molar-refractivity contribution < 1.29 is 14.4 Å². The van der Waals surface area contributed by atoms with Crippen LogP contribution in [-0.2, 0) is 16.1 Å². The van der Waals surface area contributed by atoms with Crippen molar-refractivity contribution in [1.82, 2.24) is 5.23 Å². The molecule has 176 valence electrons. The minimum atomic E-state index is -0.451. The van der Waals surface area contributed by atoms with Gasteiger partial charge in [-0.15, -0.1) is 0 Å². The van der Waals surface area contributed by atoms with Crippen LogP contribution in [0.2, 0.25) is 0 Å². The molecule has 0 atom stereocenters. The van der Waals surface area contributed by atoms with Crippen LogP contribution in [0.15, 0.2) is 91.2 Å². The molecule has 0 radical (unpaired) electrons. The third-order valence-electron chi connectivity index (χ3n) is 5.19. The van der Waals surface area contributed by atoms with Gasteiger partial charge in [0.1, 0.15) is 5.75 Å². The number of rotatable bonds is 10. The predicted molar refractivity (Wildman–Crippen MR) is 136 cm³/mol. The second-order valence-corrected chi connectivity index (χ2v) is 8.12. The lowest BCUT2D eigenvalue weighted by molar-refractivity contribution is -0.130. The van der Waals surface area contributed by atoms with Crippen LogP contribution >= 0.6 is 0 Å². The summed E-state index contributed by atoms with van der Waals surface area (Å²) in [6.45, 7) is 10.7. The summed E-state index contributed by atoms with van der Waals surface area (Å²) in [5, 5.41) is 11.8. The minimum absolute atomic E-state index is 0.329. The highest BCUT2D eigenvalue weighted by Crippen LogP contribution is 2.32. The van der Waals surface area contributed by atoms with Crippen molar-refractivity contribution in [3.05, 3.63) is 102 Å². The maximum Gasteiger partial charge on any atom is 0.338 e. The number of aryl methyl sites for hydroxylation is 1. The molecule has 3 aromatic rings. The average molecular weight is 458 g/mol. The fourth-order valence-electron chi connectivity index (χ4n) is 3.30. The number of hydroxylamine groups is 2. The zero-order chi connectivity index (χ0) is 24.7. The zero-order valence-electron chi connectivity index (χ0n) is 19.5. The molecule has 34 heavy (non-hydrogen) atoms. The molecule has 0 unspecified atom stereocenters. The molecule has 0 heterocycles. The van der Waals surface area contributed by atoms with Crippen molar-refractivity contribution in [2.75, 3.05) is 12.3 Å². The molecule has 6 heteroatoms. The van der Waals surface area contributed by atoms with Crippen LogP contribution in [0.1, 0.15) is 25.8 Å². The lowest BCUT2D eigenvalue weighted by Crippen LogP contribution is -2.14. The van der Waals surface area contributed by atoms with Crippen molar-refractivity contribution in [1.29, 1.82) is 0 Å². The largest absolute Gasteiger partial charge is 0.734 e. The Hall–Kier alpha value is -3.87. The first-order chi connectivity index (χ1) is 16.2. The van der Waals surface area contributed by atoms with Gasteiger partial charge in [-0.1, -0.05) is 61.7 Å². The number of allylic oxidation sites excluding steroid dienone is 1. The molecule has 0 aliphatic heterocycles. The molecule has 3 rings (SSSR count). The Morgan fingerprint density at radius 1 is 0.941 bits per heavy atom. The van der Waals surface area contributed by atoms with Gasteiger partial charge in [0.2, 0.25) is 0 Å². The number of nitrogens with two attached hydrogens (primary N) is 1. The van der Waals surface area contributed by atoms with Gasteiger partial charge in [0.25, 0.3) is 0 Å². The van der Waals surface area contributed by atoms with E-state index in [1.807, 2.05) is 30.3 Å². The van der Waals surface area contributed by atoms with Crippen molar-refractivity contribution in [3.8, 4) is 28.0 Å². The average Bonchev–Trinajstić information content (AvgIpc) is 2.82. The van der Waals surface area contributed by atoms with Crippen LogP contribution < -0.4 is 10.5 Å². The Kier molecular flexibility index (Phi) is 8.24. The summed E-state index contributed by atoms with van der Waals surface area (Å²) in [4.78, 5) is 16.7. The fourth-order valence-corrected chi connectivity index (χ4v) is 3.30. The third kappa shape index (κ3) is 6.57. The Bertz CT molecular complexity index is 1170. The van der Waals surface area contributed by atoms with E-state index in [2.05, 4.69) is 37.4 Å². The van der Waals surface area contributed by atoms with Gasteiger partial charge in [0.15, 0.2) is 0 Å². The van der Waals surface area contributed by atoms with Crippen molar-refractivity contribution in [2.24, 2.45) is 0 Å². The number of benzene rings is 3. The highest BCUT2D eigenvalue weighted by Gasteiger charge is 2.08. The minimum Gasteiger partial charge on any atom is -0.734 e. The summed E-state index contributed by atoms with van der Waals surface area (Å²) >= 11 is 0. The van der Waals surface area contributed by atoms with E-state index in [1.165, 1.54) is 0 Å². The number of hydrogen-bond donors (Lipinski definition) is 1. The van der Waals surface area contributed by atoms with E-state index >= 15 is 0 Å². The SMILES string of the molecule is C=C(C)C(=O)Oc1ccc(-c2ccc(-c3ccc(CCCON([O-])C(=C)C)cc3)cc2N)cc1. The van der Waals surface area contributed by atoms with Crippen LogP contribution in [0.4, 0.5) is 5.69 Å². The van der Waals surface area contributed by atoms with Gasteiger partial charge >= 0.3 is 5.97 Å². The van der Waals surface area contributed by atoms with Gasteiger partial charge in [0, 0.05) is 22.5 Å². The van der Waals surface area contributed by atoms with E-state index in [-0.39, 0.29) is 0 Å². The number of ether oxygens (including phenoxy) is 1. The molecule has 3 aromatic carbocycles. The molecule has 0 aromatic heterocycles.